The summed E-state index contributed by atoms with van der Waals surface area (Å²) < 4.78 is 5.27. The Morgan fingerprint density at radius 1 is 1.50 bits per heavy atom. The van der Waals surface area contributed by atoms with Gasteiger partial charge in [-0.05, 0) is 12.1 Å². The summed E-state index contributed by atoms with van der Waals surface area (Å²) >= 11 is 0. The molecule has 5 nitrogen and oxygen atoms in total. The number of para-hydroxylation sites is 1. The Bertz CT molecular complexity index is 490. The molecule has 1 aromatic carbocycles. The maximum absolute atomic E-state index is 11.0. The molecule has 5 heteroatoms. The van der Waals surface area contributed by atoms with E-state index >= 15 is 0 Å². The first-order valence-electron chi connectivity index (χ1n) is 4.10. The molecule has 0 atom stereocenters. The van der Waals surface area contributed by atoms with Gasteiger partial charge in [-0.2, -0.15) is 0 Å². The van der Waals surface area contributed by atoms with Crippen LogP contribution in [-0.2, 0) is 6.54 Å². The van der Waals surface area contributed by atoms with Crippen LogP contribution < -0.4 is 11.5 Å². The van der Waals surface area contributed by atoms with Gasteiger partial charge in [-0.25, -0.2) is 4.98 Å². The van der Waals surface area contributed by atoms with E-state index in [1.165, 1.54) is 0 Å². The van der Waals surface area contributed by atoms with Crippen LogP contribution in [0, 0.1) is 0 Å². The van der Waals surface area contributed by atoms with E-state index in [4.69, 9.17) is 15.9 Å². The second-order valence-electron chi connectivity index (χ2n) is 2.83. The van der Waals surface area contributed by atoms with Gasteiger partial charge in [0.15, 0.2) is 5.58 Å². The molecule has 0 bridgehead atoms. The van der Waals surface area contributed by atoms with Crippen molar-refractivity contribution in [1.29, 1.82) is 0 Å². The molecule has 0 saturated heterocycles. The van der Waals surface area contributed by atoms with E-state index in [9.17, 15) is 4.79 Å². The largest absolute Gasteiger partial charge is 0.438 e. The van der Waals surface area contributed by atoms with Crippen LogP contribution in [0.1, 0.15) is 16.2 Å². The maximum atomic E-state index is 11.0. The van der Waals surface area contributed by atoms with Gasteiger partial charge in [-0.3, -0.25) is 4.79 Å². The van der Waals surface area contributed by atoms with Gasteiger partial charge in [0.1, 0.15) is 5.52 Å². The Morgan fingerprint density at radius 3 is 2.93 bits per heavy atom. The molecule has 0 fully saturated rings. The fraction of sp³-hybridized carbons (Fsp3) is 0.111. The van der Waals surface area contributed by atoms with Gasteiger partial charge in [0.05, 0.1) is 12.1 Å². The quantitative estimate of drug-likeness (QED) is 0.717. The van der Waals surface area contributed by atoms with Crippen LogP contribution in [0.15, 0.2) is 22.6 Å². The molecule has 0 saturated carbocycles. The van der Waals surface area contributed by atoms with E-state index < -0.39 is 5.91 Å². The number of amides is 1. The van der Waals surface area contributed by atoms with E-state index in [-0.39, 0.29) is 6.54 Å². The topological polar surface area (TPSA) is 95.1 Å². The van der Waals surface area contributed by atoms with Crippen molar-refractivity contribution < 1.29 is 9.21 Å². The number of fused-ring (bicyclic) bond motifs is 1. The lowest BCUT2D eigenvalue weighted by Crippen LogP contribution is -2.10. The summed E-state index contributed by atoms with van der Waals surface area (Å²) in [6.07, 6.45) is 0. The zero-order chi connectivity index (χ0) is 10.1. The van der Waals surface area contributed by atoms with Crippen molar-refractivity contribution in [2.75, 3.05) is 0 Å². The molecule has 0 aliphatic rings. The number of rotatable bonds is 2. The van der Waals surface area contributed by atoms with Crippen LogP contribution in [0.4, 0.5) is 0 Å². The third-order valence-corrected chi connectivity index (χ3v) is 1.90. The molecule has 0 aliphatic carbocycles. The predicted molar refractivity (Wildman–Crippen MR) is 50.4 cm³/mol. The highest BCUT2D eigenvalue weighted by molar-refractivity contribution is 6.03. The standard InChI is InChI=1S/C9H9N3O2/c10-4-7-12-6-3-1-2-5(9(11)13)8(6)14-7/h1-3H,4,10H2,(H2,11,13). The van der Waals surface area contributed by atoms with Gasteiger partial charge >= 0.3 is 0 Å². The van der Waals surface area contributed by atoms with Crippen molar-refractivity contribution in [2.45, 2.75) is 6.54 Å². The predicted octanol–water partition coefficient (Wildman–Crippen LogP) is 0.385. The number of carbonyl (C=O) groups is 1. The first-order chi connectivity index (χ1) is 6.72. The molecule has 2 aromatic rings. The molecule has 1 heterocycles. The molecule has 14 heavy (non-hydrogen) atoms. The van der Waals surface area contributed by atoms with E-state index in [2.05, 4.69) is 4.98 Å². The van der Waals surface area contributed by atoms with Gasteiger partial charge < -0.3 is 15.9 Å². The van der Waals surface area contributed by atoms with Crippen LogP contribution in [0.25, 0.3) is 11.1 Å². The average molecular weight is 191 g/mol. The van der Waals surface area contributed by atoms with Gasteiger partial charge in [-0.1, -0.05) is 6.07 Å². The monoisotopic (exact) mass is 191 g/mol. The lowest BCUT2D eigenvalue weighted by molar-refractivity contribution is 0.100. The summed E-state index contributed by atoms with van der Waals surface area (Å²) in [7, 11) is 0. The van der Waals surface area contributed by atoms with Gasteiger partial charge in [0, 0.05) is 0 Å². The number of oxazole rings is 1. The summed E-state index contributed by atoms with van der Waals surface area (Å²) in [4.78, 5) is 15.1. The van der Waals surface area contributed by atoms with Crippen molar-refractivity contribution in [3.63, 3.8) is 0 Å². The maximum Gasteiger partial charge on any atom is 0.252 e. The summed E-state index contributed by atoms with van der Waals surface area (Å²) in [6, 6.07) is 5.03. The van der Waals surface area contributed by atoms with Crippen LogP contribution in [0.2, 0.25) is 0 Å². The van der Waals surface area contributed by atoms with Gasteiger partial charge in [-0.15, -0.1) is 0 Å². The first kappa shape index (κ1) is 8.71. The molecular weight excluding hydrogens is 182 g/mol. The van der Waals surface area contributed by atoms with Crippen molar-refractivity contribution in [1.82, 2.24) is 4.98 Å². The Morgan fingerprint density at radius 2 is 2.29 bits per heavy atom. The highest BCUT2D eigenvalue weighted by atomic mass is 16.3. The minimum Gasteiger partial charge on any atom is -0.438 e. The zero-order valence-corrected chi connectivity index (χ0v) is 7.36. The van der Waals surface area contributed by atoms with Crippen LogP contribution >= 0.6 is 0 Å². The van der Waals surface area contributed by atoms with Crippen molar-refractivity contribution in [3.8, 4) is 0 Å². The Hall–Kier alpha value is -1.88. The van der Waals surface area contributed by atoms with Gasteiger partial charge in [0.25, 0.3) is 5.91 Å². The summed E-state index contributed by atoms with van der Waals surface area (Å²) in [5.74, 6) is -0.135. The van der Waals surface area contributed by atoms with Crippen molar-refractivity contribution in [2.24, 2.45) is 11.5 Å². The summed E-state index contributed by atoms with van der Waals surface area (Å²) in [5, 5.41) is 0. The third kappa shape index (κ3) is 1.23. The number of benzene rings is 1. The highest BCUT2D eigenvalue weighted by Crippen LogP contribution is 2.19. The second kappa shape index (κ2) is 3.12. The average Bonchev–Trinajstić information content (AvgIpc) is 2.59. The minimum atomic E-state index is -0.532. The first-order valence-corrected chi connectivity index (χ1v) is 4.10. The van der Waals surface area contributed by atoms with Crippen LogP contribution in [-0.4, -0.2) is 10.9 Å². The summed E-state index contributed by atoms with van der Waals surface area (Å²) in [6.45, 7) is 0.201. The Balaban J connectivity index is 2.73. The normalized spacial score (nSPS) is 10.6. The zero-order valence-electron chi connectivity index (χ0n) is 7.36. The minimum absolute atomic E-state index is 0.201. The molecule has 0 spiro atoms. The third-order valence-electron chi connectivity index (χ3n) is 1.90. The van der Waals surface area contributed by atoms with E-state index in [1.807, 2.05) is 0 Å². The fourth-order valence-electron chi connectivity index (χ4n) is 1.28. The van der Waals surface area contributed by atoms with Gasteiger partial charge in [0.2, 0.25) is 5.89 Å². The molecule has 0 radical (unpaired) electrons. The van der Waals surface area contributed by atoms with Crippen molar-refractivity contribution in [3.05, 3.63) is 29.7 Å². The number of primary amides is 1. The number of hydrogen-bond acceptors (Lipinski definition) is 4. The molecule has 0 aliphatic heterocycles. The molecule has 72 valence electrons. The number of aromatic nitrogens is 1. The summed E-state index contributed by atoms with van der Waals surface area (Å²) in [5.41, 5.74) is 11.9. The number of nitrogens with zero attached hydrogens (tertiary/aromatic N) is 1. The molecule has 2 rings (SSSR count). The Labute approximate surface area is 79.7 Å². The number of hydrogen-bond donors (Lipinski definition) is 2. The lowest BCUT2D eigenvalue weighted by Gasteiger charge is -1.93. The SMILES string of the molecule is NCc1nc2cccc(C(N)=O)c2o1. The smallest absolute Gasteiger partial charge is 0.252 e. The number of carbonyl (C=O) groups excluding carboxylic acids is 1. The van der Waals surface area contributed by atoms with Crippen LogP contribution in [0.3, 0.4) is 0 Å². The van der Waals surface area contributed by atoms with E-state index in [0.29, 0.717) is 22.6 Å². The van der Waals surface area contributed by atoms with E-state index in [1.54, 1.807) is 18.2 Å². The second-order valence-corrected chi connectivity index (χ2v) is 2.83. The molecule has 0 unspecified atom stereocenters. The molecule has 1 amide bonds. The fourth-order valence-corrected chi connectivity index (χ4v) is 1.28. The number of nitrogens with two attached hydrogens (primary N) is 2. The molecule has 4 N–H and O–H groups in total. The van der Waals surface area contributed by atoms with Crippen molar-refractivity contribution >= 4 is 17.0 Å². The van der Waals surface area contributed by atoms with E-state index in [0.717, 1.165) is 0 Å². The van der Waals surface area contributed by atoms with Crippen LogP contribution in [0.5, 0.6) is 0 Å². The lowest BCUT2D eigenvalue weighted by atomic mass is 10.2. The molecular formula is C9H9N3O2. The Kier molecular flexibility index (Phi) is 1.94. The highest BCUT2D eigenvalue weighted by Gasteiger charge is 2.11. The molecule has 1 aromatic heterocycles.